The number of nitrogens with one attached hydrogen (secondary N) is 1. The lowest BCUT2D eigenvalue weighted by Crippen LogP contribution is -2.30. The molecule has 3 rings (SSSR count). The third kappa shape index (κ3) is 4.71. The molecule has 1 fully saturated rings. The van der Waals surface area contributed by atoms with Crippen LogP contribution in [0.2, 0.25) is 0 Å². The van der Waals surface area contributed by atoms with Gasteiger partial charge in [0.1, 0.15) is 0 Å². The van der Waals surface area contributed by atoms with Crippen LogP contribution in [0.5, 0.6) is 11.5 Å². The second-order valence-corrected chi connectivity index (χ2v) is 6.80. The fraction of sp³-hybridized carbons (Fsp3) is 0.318. The van der Waals surface area contributed by atoms with Gasteiger partial charge in [-0.05, 0) is 49.7 Å². The quantitative estimate of drug-likeness (QED) is 0.703. The number of hydrogen-bond acceptors (Lipinski definition) is 6. The molecule has 1 aliphatic heterocycles. The van der Waals surface area contributed by atoms with Crippen molar-refractivity contribution < 1.29 is 28.6 Å². The lowest BCUT2D eigenvalue weighted by molar-refractivity contribution is -0.123. The van der Waals surface area contributed by atoms with Gasteiger partial charge in [0.2, 0.25) is 5.91 Å². The number of carbonyl (C=O) groups is 3. The van der Waals surface area contributed by atoms with Gasteiger partial charge in [-0.15, -0.1) is 0 Å². The van der Waals surface area contributed by atoms with Crippen LogP contribution in [0, 0.1) is 0 Å². The molecule has 0 spiro atoms. The minimum atomic E-state index is -1.01. The number of methoxy groups -OCH3 is 2. The number of anilines is 2. The van der Waals surface area contributed by atoms with Crippen LogP contribution in [0.3, 0.4) is 0 Å². The van der Waals surface area contributed by atoms with Crippen molar-refractivity contribution in [3.8, 4) is 11.5 Å². The number of esters is 1. The molecule has 1 atom stereocenters. The van der Waals surface area contributed by atoms with Crippen molar-refractivity contribution in [3.63, 3.8) is 0 Å². The van der Waals surface area contributed by atoms with E-state index in [2.05, 4.69) is 5.32 Å². The van der Waals surface area contributed by atoms with Gasteiger partial charge in [0, 0.05) is 30.4 Å². The van der Waals surface area contributed by atoms with E-state index >= 15 is 0 Å². The number of nitrogens with zero attached hydrogens (tertiary/aromatic N) is 1. The molecule has 158 valence electrons. The summed E-state index contributed by atoms with van der Waals surface area (Å²) in [5.41, 5.74) is 1.53. The SMILES string of the molecule is COc1ccc(NC(=O)[C@H](C)OC(=O)c2ccc(N3CCCC3=O)cc2)cc1OC. The molecular formula is C22H24N2O6. The summed E-state index contributed by atoms with van der Waals surface area (Å²) in [6.07, 6.45) is 0.358. The maximum Gasteiger partial charge on any atom is 0.338 e. The topological polar surface area (TPSA) is 94.2 Å². The normalized spacial score (nSPS) is 14.2. The highest BCUT2D eigenvalue weighted by molar-refractivity contribution is 5.98. The fourth-order valence-electron chi connectivity index (χ4n) is 3.14. The van der Waals surface area contributed by atoms with Gasteiger partial charge in [-0.2, -0.15) is 0 Å². The number of rotatable bonds is 7. The van der Waals surface area contributed by atoms with E-state index in [0.29, 0.717) is 35.7 Å². The Labute approximate surface area is 174 Å². The van der Waals surface area contributed by atoms with Crippen LogP contribution in [0.15, 0.2) is 42.5 Å². The third-order valence-electron chi connectivity index (χ3n) is 4.79. The van der Waals surface area contributed by atoms with Gasteiger partial charge >= 0.3 is 5.97 Å². The van der Waals surface area contributed by atoms with Crippen molar-refractivity contribution in [1.29, 1.82) is 0 Å². The molecule has 0 radical (unpaired) electrons. The van der Waals surface area contributed by atoms with Crippen molar-refractivity contribution in [3.05, 3.63) is 48.0 Å². The van der Waals surface area contributed by atoms with Crippen LogP contribution in [-0.2, 0) is 14.3 Å². The number of benzene rings is 2. The highest BCUT2D eigenvalue weighted by Gasteiger charge is 2.23. The van der Waals surface area contributed by atoms with E-state index in [1.54, 1.807) is 47.4 Å². The number of carbonyl (C=O) groups excluding carboxylic acids is 3. The Hall–Kier alpha value is -3.55. The molecule has 0 aromatic heterocycles. The summed E-state index contributed by atoms with van der Waals surface area (Å²) in [5, 5.41) is 2.68. The zero-order chi connectivity index (χ0) is 21.7. The van der Waals surface area contributed by atoms with Crippen molar-refractivity contribution in [2.75, 3.05) is 31.0 Å². The summed E-state index contributed by atoms with van der Waals surface area (Å²) >= 11 is 0. The van der Waals surface area contributed by atoms with E-state index in [9.17, 15) is 14.4 Å². The van der Waals surface area contributed by atoms with E-state index in [4.69, 9.17) is 14.2 Å². The summed E-state index contributed by atoms with van der Waals surface area (Å²) in [6.45, 7) is 2.17. The second kappa shape index (κ2) is 9.30. The largest absolute Gasteiger partial charge is 0.493 e. The first-order chi connectivity index (χ1) is 14.4. The Morgan fingerprint density at radius 1 is 1.03 bits per heavy atom. The zero-order valence-corrected chi connectivity index (χ0v) is 17.1. The highest BCUT2D eigenvalue weighted by atomic mass is 16.5. The van der Waals surface area contributed by atoms with E-state index in [-0.39, 0.29) is 5.91 Å². The predicted octanol–water partition coefficient (Wildman–Crippen LogP) is 3.01. The van der Waals surface area contributed by atoms with Crippen molar-refractivity contribution >= 4 is 29.2 Å². The van der Waals surface area contributed by atoms with Gasteiger partial charge in [-0.25, -0.2) is 4.79 Å². The Balaban J connectivity index is 1.59. The lowest BCUT2D eigenvalue weighted by Gasteiger charge is -2.17. The van der Waals surface area contributed by atoms with Gasteiger partial charge in [0.05, 0.1) is 19.8 Å². The lowest BCUT2D eigenvalue weighted by atomic mass is 10.2. The van der Waals surface area contributed by atoms with E-state index in [1.807, 2.05) is 0 Å². The zero-order valence-electron chi connectivity index (χ0n) is 17.1. The molecule has 30 heavy (non-hydrogen) atoms. The average Bonchev–Trinajstić information content (AvgIpc) is 3.19. The molecule has 2 aromatic carbocycles. The minimum Gasteiger partial charge on any atom is -0.493 e. The van der Waals surface area contributed by atoms with Gasteiger partial charge in [-0.1, -0.05) is 0 Å². The average molecular weight is 412 g/mol. The van der Waals surface area contributed by atoms with Crippen LogP contribution in [0.4, 0.5) is 11.4 Å². The van der Waals surface area contributed by atoms with E-state index in [1.165, 1.54) is 21.1 Å². The van der Waals surface area contributed by atoms with Gasteiger partial charge in [-0.3, -0.25) is 9.59 Å². The third-order valence-corrected chi connectivity index (χ3v) is 4.79. The standard InChI is InChI=1S/C22H24N2O6/c1-14(21(26)23-16-8-11-18(28-2)19(13-16)29-3)30-22(27)15-6-9-17(10-7-15)24-12-4-5-20(24)25/h6-11,13-14H,4-5,12H2,1-3H3,(H,23,26)/t14-/m0/s1. The minimum absolute atomic E-state index is 0.0748. The maximum atomic E-state index is 12.4. The first kappa shape index (κ1) is 21.2. The van der Waals surface area contributed by atoms with E-state index < -0.39 is 18.0 Å². The number of hydrogen-bond donors (Lipinski definition) is 1. The smallest absolute Gasteiger partial charge is 0.338 e. The predicted molar refractivity (Wildman–Crippen MR) is 111 cm³/mol. The summed E-state index contributed by atoms with van der Waals surface area (Å²) in [7, 11) is 3.02. The van der Waals surface area contributed by atoms with Crippen molar-refractivity contribution in [2.45, 2.75) is 25.9 Å². The fourth-order valence-corrected chi connectivity index (χ4v) is 3.14. The van der Waals surface area contributed by atoms with Crippen molar-refractivity contribution in [1.82, 2.24) is 0 Å². The van der Waals surface area contributed by atoms with E-state index in [0.717, 1.165) is 12.1 Å². The molecule has 0 aliphatic carbocycles. The number of amides is 2. The highest BCUT2D eigenvalue weighted by Crippen LogP contribution is 2.29. The Bertz CT molecular complexity index is 941. The van der Waals surface area contributed by atoms with Crippen LogP contribution in [0.1, 0.15) is 30.1 Å². The Morgan fingerprint density at radius 2 is 1.73 bits per heavy atom. The Kier molecular flexibility index (Phi) is 6.56. The molecule has 1 aliphatic rings. The molecule has 8 nitrogen and oxygen atoms in total. The summed E-state index contributed by atoms with van der Waals surface area (Å²) in [5.74, 6) is -0.0181. The van der Waals surface area contributed by atoms with Crippen molar-refractivity contribution in [2.24, 2.45) is 0 Å². The summed E-state index contributed by atoms with van der Waals surface area (Å²) in [4.78, 5) is 38.3. The molecule has 0 unspecified atom stereocenters. The molecule has 2 aromatic rings. The van der Waals surface area contributed by atoms with Gasteiger partial charge in [0.15, 0.2) is 17.6 Å². The molecule has 1 heterocycles. The first-order valence-corrected chi connectivity index (χ1v) is 9.57. The first-order valence-electron chi connectivity index (χ1n) is 9.57. The summed E-state index contributed by atoms with van der Waals surface area (Å²) < 4.78 is 15.6. The molecule has 0 bridgehead atoms. The van der Waals surface area contributed by atoms with Crippen LogP contribution in [0.25, 0.3) is 0 Å². The second-order valence-electron chi connectivity index (χ2n) is 6.80. The Morgan fingerprint density at radius 3 is 2.33 bits per heavy atom. The molecule has 2 amide bonds. The molecule has 1 N–H and O–H groups in total. The molecule has 8 heteroatoms. The number of ether oxygens (including phenoxy) is 3. The molecule has 1 saturated heterocycles. The summed E-state index contributed by atoms with van der Waals surface area (Å²) in [6, 6.07) is 11.5. The molecular weight excluding hydrogens is 388 g/mol. The molecule has 0 saturated carbocycles. The van der Waals surface area contributed by atoms with Crippen LogP contribution < -0.4 is 19.7 Å². The van der Waals surface area contributed by atoms with Gasteiger partial charge < -0.3 is 24.4 Å². The van der Waals surface area contributed by atoms with Gasteiger partial charge in [0.25, 0.3) is 5.91 Å². The van der Waals surface area contributed by atoms with Crippen LogP contribution in [-0.4, -0.2) is 44.7 Å². The van der Waals surface area contributed by atoms with Crippen LogP contribution >= 0.6 is 0 Å². The maximum absolute atomic E-state index is 12.4. The monoisotopic (exact) mass is 412 g/mol.